The molecule has 4 nitrogen and oxygen atoms in total. The summed E-state index contributed by atoms with van der Waals surface area (Å²) in [5, 5.41) is -4.13. The number of halogens is 3. The standard InChI is InChI=1S/C10H15F3O4S.C2H6/c1-8(14)16-6-4-2-3-5-7-17-9(15)10(11,12)18-13;1-2/h2-7H2,1H3;1-2H3. The summed E-state index contributed by atoms with van der Waals surface area (Å²) >= 11 is -1.34. The van der Waals surface area contributed by atoms with E-state index in [-0.39, 0.29) is 12.6 Å². The Bertz CT molecular complexity index is 275. The van der Waals surface area contributed by atoms with Crippen molar-refractivity contribution in [3.8, 4) is 0 Å². The van der Waals surface area contributed by atoms with Gasteiger partial charge in [-0.05, 0) is 25.7 Å². The summed E-state index contributed by atoms with van der Waals surface area (Å²) in [6.07, 6.45) is 2.42. The molecule has 0 N–H and O–H groups in total. The Balaban J connectivity index is 0. The number of carbonyl (C=O) groups is 2. The topological polar surface area (TPSA) is 52.6 Å². The van der Waals surface area contributed by atoms with Crippen LogP contribution < -0.4 is 0 Å². The van der Waals surface area contributed by atoms with Gasteiger partial charge in [-0.3, -0.25) is 4.79 Å². The van der Waals surface area contributed by atoms with E-state index in [9.17, 15) is 22.3 Å². The van der Waals surface area contributed by atoms with E-state index in [2.05, 4.69) is 9.47 Å². The lowest BCUT2D eigenvalue weighted by atomic mass is 10.2. The molecule has 0 rings (SSSR count). The van der Waals surface area contributed by atoms with Gasteiger partial charge in [-0.2, -0.15) is 12.7 Å². The van der Waals surface area contributed by atoms with Crippen LogP contribution in [-0.2, 0) is 19.1 Å². The zero-order valence-corrected chi connectivity index (χ0v) is 12.7. The molecule has 0 aliphatic rings. The molecule has 0 unspecified atom stereocenters. The van der Waals surface area contributed by atoms with E-state index in [1.165, 1.54) is 6.92 Å². The van der Waals surface area contributed by atoms with Crippen LogP contribution in [0.3, 0.4) is 0 Å². The molecule has 0 aromatic carbocycles. The van der Waals surface area contributed by atoms with Crippen molar-refractivity contribution in [3.63, 3.8) is 0 Å². The third-order valence-electron chi connectivity index (χ3n) is 1.91. The highest BCUT2D eigenvalue weighted by Crippen LogP contribution is 2.30. The lowest BCUT2D eigenvalue weighted by Gasteiger charge is -2.09. The Morgan fingerprint density at radius 1 is 1.00 bits per heavy atom. The van der Waals surface area contributed by atoms with Crippen LogP contribution in [0.1, 0.15) is 46.5 Å². The molecule has 0 amide bonds. The summed E-state index contributed by atoms with van der Waals surface area (Å²) in [5.41, 5.74) is 0. The largest absolute Gasteiger partial charge is 0.466 e. The molecule has 0 atom stereocenters. The minimum absolute atomic E-state index is 0.178. The number of carbonyl (C=O) groups excluding carboxylic acids is 2. The number of hydrogen-bond acceptors (Lipinski definition) is 5. The van der Waals surface area contributed by atoms with E-state index in [1.807, 2.05) is 13.8 Å². The monoisotopic (exact) mass is 318 g/mol. The zero-order chi connectivity index (χ0) is 16.0. The number of rotatable bonds is 9. The van der Waals surface area contributed by atoms with Gasteiger partial charge in [0.15, 0.2) is 0 Å². The van der Waals surface area contributed by atoms with Gasteiger partial charge < -0.3 is 9.47 Å². The van der Waals surface area contributed by atoms with Gasteiger partial charge in [0.1, 0.15) is 12.1 Å². The van der Waals surface area contributed by atoms with E-state index in [4.69, 9.17) is 0 Å². The van der Waals surface area contributed by atoms with Crippen LogP contribution in [0.5, 0.6) is 0 Å². The number of esters is 2. The lowest BCUT2D eigenvalue weighted by molar-refractivity contribution is -0.160. The number of hydrogen-bond donors (Lipinski definition) is 0. The molecule has 20 heavy (non-hydrogen) atoms. The van der Waals surface area contributed by atoms with Crippen LogP contribution in [0.15, 0.2) is 0 Å². The highest BCUT2D eigenvalue weighted by atomic mass is 32.2. The van der Waals surface area contributed by atoms with Gasteiger partial charge >= 0.3 is 17.2 Å². The first-order chi connectivity index (χ1) is 9.40. The molecule has 0 heterocycles. The van der Waals surface area contributed by atoms with Gasteiger partial charge in [0.2, 0.25) is 0 Å². The van der Waals surface area contributed by atoms with Gasteiger partial charge in [0, 0.05) is 6.92 Å². The average molecular weight is 318 g/mol. The van der Waals surface area contributed by atoms with Gasteiger partial charge in [-0.1, -0.05) is 13.8 Å². The molecule has 0 aliphatic carbocycles. The Labute approximate surface area is 121 Å². The quantitative estimate of drug-likeness (QED) is 0.477. The second kappa shape index (κ2) is 13.1. The summed E-state index contributed by atoms with van der Waals surface area (Å²) < 4.78 is 45.2. The van der Waals surface area contributed by atoms with Crippen molar-refractivity contribution in [2.45, 2.75) is 51.7 Å². The summed E-state index contributed by atoms with van der Waals surface area (Å²) in [6.45, 7) is 5.44. The van der Waals surface area contributed by atoms with E-state index >= 15 is 0 Å². The molecule has 0 aromatic heterocycles. The smallest absolute Gasteiger partial charge is 0.417 e. The molecule has 120 valence electrons. The molecule has 0 saturated carbocycles. The first kappa shape index (κ1) is 21.4. The molecular weight excluding hydrogens is 297 g/mol. The summed E-state index contributed by atoms with van der Waals surface area (Å²) in [5.74, 6) is -2.22. The van der Waals surface area contributed by atoms with Crippen LogP contribution in [0, 0.1) is 0 Å². The Kier molecular flexibility index (Phi) is 14.0. The van der Waals surface area contributed by atoms with Crippen LogP contribution >= 0.6 is 12.1 Å². The van der Waals surface area contributed by atoms with Gasteiger partial charge in [0.25, 0.3) is 0 Å². The zero-order valence-electron chi connectivity index (χ0n) is 11.9. The summed E-state index contributed by atoms with van der Waals surface area (Å²) in [6, 6.07) is 0. The van der Waals surface area contributed by atoms with Crippen LogP contribution in [0.4, 0.5) is 12.7 Å². The van der Waals surface area contributed by atoms with Gasteiger partial charge in [0.05, 0.1) is 13.2 Å². The fraction of sp³-hybridized carbons (Fsp3) is 0.833. The maximum Gasteiger partial charge on any atom is 0.417 e. The lowest BCUT2D eigenvalue weighted by Crippen LogP contribution is -2.26. The molecule has 0 saturated heterocycles. The Morgan fingerprint density at radius 3 is 1.85 bits per heavy atom. The Morgan fingerprint density at radius 2 is 1.45 bits per heavy atom. The molecular formula is C12H21F3O4S. The normalized spacial score (nSPS) is 10.3. The molecule has 0 aliphatic heterocycles. The van der Waals surface area contributed by atoms with E-state index in [1.54, 1.807) is 0 Å². The minimum atomic E-state index is -4.13. The second-order valence-electron chi connectivity index (χ2n) is 3.48. The van der Waals surface area contributed by atoms with Crippen molar-refractivity contribution in [2.24, 2.45) is 0 Å². The van der Waals surface area contributed by atoms with E-state index in [0.717, 1.165) is 6.42 Å². The fourth-order valence-corrected chi connectivity index (χ4v) is 1.18. The van der Waals surface area contributed by atoms with Crippen molar-refractivity contribution in [3.05, 3.63) is 0 Å². The third-order valence-corrected chi connectivity index (χ3v) is 2.27. The molecule has 8 heteroatoms. The second-order valence-corrected chi connectivity index (χ2v) is 4.15. The predicted octanol–water partition coefficient (Wildman–Crippen LogP) is 3.89. The number of ether oxygens (including phenoxy) is 2. The first-order valence-corrected chi connectivity index (χ1v) is 7.10. The minimum Gasteiger partial charge on any atom is -0.466 e. The number of unbranched alkanes of at least 4 members (excludes halogenated alkanes) is 3. The third kappa shape index (κ3) is 12.1. The molecule has 0 aromatic rings. The fourth-order valence-electron chi connectivity index (χ4n) is 1.05. The first-order valence-electron chi connectivity index (χ1n) is 6.38. The van der Waals surface area contributed by atoms with Crippen molar-refractivity contribution in [1.82, 2.24) is 0 Å². The van der Waals surface area contributed by atoms with Crippen molar-refractivity contribution in [1.29, 1.82) is 0 Å². The average Bonchev–Trinajstić information content (AvgIpc) is 2.43. The predicted molar refractivity (Wildman–Crippen MR) is 71.1 cm³/mol. The highest BCUT2D eigenvalue weighted by molar-refractivity contribution is 7.96. The van der Waals surface area contributed by atoms with Crippen molar-refractivity contribution >= 4 is 24.1 Å². The van der Waals surface area contributed by atoms with E-state index < -0.39 is 23.4 Å². The maximum absolute atomic E-state index is 12.4. The molecule has 0 spiro atoms. The SMILES string of the molecule is CC.CC(=O)OCCCCCCOC(=O)C(F)(F)SF. The molecule has 0 radical (unpaired) electrons. The molecule has 0 bridgehead atoms. The maximum atomic E-state index is 12.4. The molecule has 0 fully saturated rings. The Hall–Kier alpha value is -0.920. The van der Waals surface area contributed by atoms with Crippen LogP contribution in [-0.4, -0.2) is 30.4 Å². The van der Waals surface area contributed by atoms with Crippen molar-refractivity contribution < 1.29 is 31.7 Å². The van der Waals surface area contributed by atoms with Crippen molar-refractivity contribution in [2.75, 3.05) is 13.2 Å². The summed E-state index contributed by atoms with van der Waals surface area (Å²) in [7, 11) is 0. The van der Waals surface area contributed by atoms with Crippen LogP contribution in [0.2, 0.25) is 0 Å². The number of alkyl halides is 2. The van der Waals surface area contributed by atoms with E-state index in [0.29, 0.717) is 25.9 Å². The van der Waals surface area contributed by atoms with Gasteiger partial charge in [-0.15, -0.1) is 0 Å². The summed E-state index contributed by atoms with van der Waals surface area (Å²) in [4.78, 5) is 21.0. The van der Waals surface area contributed by atoms with Gasteiger partial charge in [-0.25, -0.2) is 4.79 Å². The highest BCUT2D eigenvalue weighted by Gasteiger charge is 2.42. The van der Waals surface area contributed by atoms with Crippen LogP contribution in [0.25, 0.3) is 0 Å².